The Balaban J connectivity index is 1.37. The Kier molecular flexibility index (Phi) is 4.85. The van der Waals surface area contributed by atoms with Crippen molar-refractivity contribution in [2.75, 3.05) is 17.4 Å². The van der Waals surface area contributed by atoms with Crippen LogP contribution in [0.3, 0.4) is 0 Å². The Morgan fingerprint density at radius 2 is 1.67 bits per heavy atom. The lowest BCUT2D eigenvalue weighted by molar-refractivity contribution is 0.102. The van der Waals surface area contributed by atoms with Crippen molar-refractivity contribution in [1.82, 2.24) is 0 Å². The van der Waals surface area contributed by atoms with Crippen molar-refractivity contribution in [3.05, 3.63) is 82.9 Å². The Hall–Kier alpha value is -3.18. The average molecular weight is 381 g/mol. The van der Waals surface area contributed by atoms with Crippen LogP contribution in [-0.2, 0) is 6.54 Å². The lowest BCUT2D eigenvalue weighted by Gasteiger charge is -2.10. The van der Waals surface area contributed by atoms with E-state index in [0.717, 1.165) is 16.3 Å². The Bertz CT molecular complexity index is 973. The molecule has 0 radical (unpaired) electrons. The maximum atomic E-state index is 12.4. The third kappa shape index (κ3) is 3.99. The van der Waals surface area contributed by atoms with Crippen LogP contribution in [0.2, 0.25) is 5.02 Å². The normalized spacial score (nSPS) is 11.9. The molecule has 0 atom stereocenters. The molecule has 5 nitrogen and oxygen atoms in total. The molecular weight excluding hydrogens is 364 g/mol. The lowest BCUT2D eigenvalue weighted by atomic mass is 10.2. The van der Waals surface area contributed by atoms with Gasteiger partial charge in [0.1, 0.15) is 0 Å². The Morgan fingerprint density at radius 1 is 0.926 bits per heavy atom. The van der Waals surface area contributed by atoms with Crippen molar-refractivity contribution in [3.8, 4) is 11.5 Å². The summed E-state index contributed by atoms with van der Waals surface area (Å²) in [5.41, 5.74) is 3.19. The van der Waals surface area contributed by atoms with Gasteiger partial charge in [-0.05, 0) is 54.1 Å². The van der Waals surface area contributed by atoms with E-state index in [4.69, 9.17) is 21.1 Å². The number of ether oxygens (including phenoxy) is 2. The lowest BCUT2D eigenvalue weighted by Crippen LogP contribution is -2.11. The summed E-state index contributed by atoms with van der Waals surface area (Å²) in [7, 11) is 0. The van der Waals surface area contributed by atoms with Gasteiger partial charge < -0.3 is 20.1 Å². The molecule has 3 aromatic rings. The summed E-state index contributed by atoms with van der Waals surface area (Å²) in [6.45, 7) is 0.811. The number of fused-ring (bicyclic) bond motifs is 1. The van der Waals surface area contributed by atoms with E-state index >= 15 is 0 Å². The zero-order valence-corrected chi connectivity index (χ0v) is 15.1. The van der Waals surface area contributed by atoms with Crippen molar-refractivity contribution < 1.29 is 14.3 Å². The fourth-order valence-electron chi connectivity index (χ4n) is 2.75. The summed E-state index contributed by atoms with van der Waals surface area (Å²) in [5.74, 6) is 1.03. The first-order valence-electron chi connectivity index (χ1n) is 8.47. The van der Waals surface area contributed by atoms with E-state index in [9.17, 15) is 4.79 Å². The van der Waals surface area contributed by atoms with Crippen LogP contribution in [0.25, 0.3) is 0 Å². The van der Waals surface area contributed by atoms with Crippen LogP contribution < -0.4 is 20.1 Å². The molecule has 4 rings (SSSR count). The van der Waals surface area contributed by atoms with Crippen molar-refractivity contribution in [3.63, 3.8) is 0 Å². The number of rotatable bonds is 5. The van der Waals surface area contributed by atoms with E-state index in [1.807, 2.05) is 48.5 Å². The number of amides is 1. The smallest absolute Gasteiger partial charge is 0.255 e. The van der Waals surface area contributed by atoms with Crippen LogP contribution in [0.1, 0.15) is 15.9 Å². The van der Waals surface area contributed by atoms with E-state index in [0.29, 0.717) is 29.3 Å². The molecular formula is C21H17ClN2O3. The van der Waals surface area contributed by atoms with Crippen molar-refractivity contribution >= 4 is 28.9 Å². The van der Waals surface area contributed by atoms with Gasteiger partial charge >= 0.3 is 0 Å². The van der Waals surface area contributed by atoms with Crippen LogP contribution in [0.15, 0.2) is 66.7 Å². The molecule has 1 aliphatic rings. The first-order chi connectivity index (χ1) is 13.2. The predicted octanol–water partition coefficient (Wildman–Crippen LogP) is 4.93. The summed E-state index contributed by atoms with van der Waals surface area (Å²) in [5, 5.41) is 6.92. The number of hydrogen-bond acceptors (Lipinski definition) is 4. The summed E-state index contributed by atoms with van der Waals surface area (Å²) in [6.07, 6.45) is 0. The first kappa shape index (κ1) is 17.2. The monoisotopic (exact) mass is 380 g/mol. The quantitative estimate of drug-likeness (QED) is 0.658. The van der Waals surface area contributed by atoms with Gasteiger partial charge in [-0.1, -0.05) is 29.8 Å². The number of hydrogen-bond donors (Lipinski definition) is 2. The topological polar surface area (TPSA) is 59.6 Å². The third-order valence-electron chi connectivity index (χ3n) is 4.22. The van der Waals surface area contributed by atoms with Crippen LogP contribution in [0.5, 0.6) is 11.5 Å². The maximum absolute atomic E-state index is 12.4. The van der Waals surface area contributed by atoms with Crippen molar-refractivity contribution in [2.45, 2.75) is 6.54 Å². The molecule has 0 saturated heterocycles. The van der Waals surface area contributed by atoms with E-state index < -0.39 is 0 Å². The van der Waals surface area contributed by atoms with Crippen molar-refractivity contribution in [1.29, 1.82) is 0 Å². The van der Waals surface area contributed by atoms with Gasteiger partial charge in [0.15, 0.2) is 11.5 Å². The van der Waals surface area contributed by atoms with Gasteiger partial charge in [-0.15, -0.1) is 0 Å². The second kappa shape index (κ2) is 7.60. The second-order valence-corrected chi connectivity index (χ2v) is 6.45. The molecule has 0 fully saturated rings. The standard InChI is InChI=1S/C21H17ClN2O3/c22-18-4-2-1-3-15(18)12-23-16-6-8-17(9-7-16)24-21(25)14-5-10-19-20(11-14)27-13-26-19/h1-11,23H,12-13H2,(H,24,25). The highest BCUT2D eigenvalue weighted by Crippen LogP contribution is 2.32. The molecule has 0 bridgehead atoms. The summed E-state index contributed by atoms with van der Waals surface area (Å²) in [4.78, 5) is 12.4. The van der Waals surface area contributed by atoms with Crippen LogP contribution in [0.4, 0.5) is 11.4 Å². The summed E-state index contributed by atoms with van der Waals surface area (Å²) in [6, 6.07) is 20.3. The van der Waals surface area contributed by atoms with Gasteiger partial charge in [-0.25, -0.2) is 0 Å². The predicted molar refractivity (Wildman–Crippen MR) is 106 cm³/mol. The number of benzene rings is 3. The Morgan fingerprint density at radius 3 is 2.48 bits per heavy atom. The number of nitrogens with one attached hydrogen (secondary N) is 2. The molecule has 1 heterocycles. The van der Waals surface area contributed by atoms with Gasteiger partial charge in [0, 0.05) is 28.5 Å². The molecule has 1 aliphatic heterocycles. The SMILES string of the molecule is O=C(Nc1ccc(NCc2ccccc2Cl)cc1)c1ccc2c(c1)OCO2. The molecule has 3 aromatic carbocycles. The van der Waals surface area contributed by atoms with E-state index in [1.165, 1.54) is 0 Å². The van der Waals surface area contributed by atoms with Gasteiger partial charge in [0.25, 0.3) is 5.91 Å². The molecule has 1 amide bonds. The molecule has 0 saturated carbocycles. The number of halogens is 1. The second-order valence-electron chi connectivity index (χ2n) is 6.04. The fraction of sp³-hybridized carbons (Fsp3) is 0.0952. The number of anilines is 2. The van der Waals surface area contributed by atoms with Gasteiger partial charge in [0.05, 0.1) is 0 Å². The molecule has 0 aliphatic carbocycles. The van der Waals surface area contributed by atoms with Gasteiger partial charge in [-0.2, -0.15) is 0 Å². The van der Waals surface area contributed by atoms with Gasteiger partial charge in [0.2, 0.25) is 6.79 Å². The minimum Gasteiger partial charge on any atom is -0.454 e. The molecule has 0 aromatic heterocycles. The summed E-state index contributed by atoms with van der Waals surface area (Å²) < 4.78 is 10.6. The summed E-state index contributed by atoms with van der Waals surface area (Å²) >= 11 is 6.16. The van der Waals surface area contributed by atoms with Crippen LogP contribution in [-0.4, -0.2) is 12.7 Å². The minimum atomic E-state index is -0.204. The van der Waals surface area contributed by atoms with E-state index in [-0.39, 0.29) is 12.7 Å². The molecule has 27 heavy (non-hydrogen) atoms. The minimum absolute atomic E-state index is 0.184. The largest absolute Gasteiger partial charge is 0.454 e. The van der Waals surface area contributed by atoms with E-state index in [1.54, 1.807) is 18.2 Å². The molecule has 6 heteroatoms. The molecule has 136 valence electrons. The highest BCUT2D eigenvalue weighted by molar-refractivity contribution is 6.31. The zero-order valence-electron chi connectivity index (χ0n) is 14.4. The van der Waals surface area contributed by atoms with Crippen molar-refractivity contribution in [2.24, 2.45) is 0 Å². The highest BCUT2D eigenvalue weighted by atomic mass is 35.5. The Labute approximate surface area is 161 Å². The van der Waals surface area contributed by atoms with Crippen LogP contribution in [0, 0.1) is 0 Å². The maximum Gasteiger partial charge on any atom is 0.255 e. The molecule has 0 unspecified atom stereocenters. The fourth-order valence-corrected chi connectivity index (χ4v) is 2.95. The molecule has 0 spiro atoms. The van der Waals surface area contributed by atoms with Crippen LogP contribution >= 0.6 is 11.6 Å². The molecule has 2 N–H and O–H groups in total. The average Bonchev–Trinajstić information content (AvgIpc) is 3.16. The highest BCUT2D eigenvalue weighted by Gasteiger charge is 2.16. The zero-order chi connectivity index (χ0) is 18.6. The number of carbonyl (C=O) groups excluding carboxylic acids is 1. The third-order valence-corrected chi connectivity index (χ3v) is 4.59. The van der Waals surface area contributed by atoms with E-state index in [2.05, 4.69) is 10.6 Å². The first-order valence-corrected chi connectivity index (χ1v) is 8.85. The number of carbonyl (C=O) groups is 1. The van der Waals surface area contributed by atoms with Gasteiger partial charge in [-0.3, -0.25) is 4.79 Å².